The average Bonchev–Trinajstić information content (AvgIpc) is 2.17. The van der Waals surface area contributed by atoms with Crippen LogP contribution >= 0.6 is 0 Å². The van der Waals surface area contributed by atoms with Crippen LogP contribution in [0, 0.1) is 0 Å². The van der Waals surface area contributed by atoms with Gasteiger partial charge in [0.05, 0.1) is 8.80 Å². The largest absolute Gasteiger partial charge is 0.371 e. The van der Waals surface area contributed by atoms with Crippen molar-refractivity contribution in [1.29, 1.82) is 0 Å². The molecular weight excluding hydrogens is 184 g/mol. The van der Waals surface area contributed by atoms with Gasteiger partial charge in [0.25, 0.3) is 6.29 Å². The van der Waals surface area contributed by atoms with E-state index in [1.165, 1.54) is 6.29 Å². The molecule has 73 valence electrons. The third kappa shape index (κ3) is 1.89. The molecule has 0 aromatic rings. The molecule has 1 radical (unpaired) electrons. The zero-order chi connectivity index (χ0) is 9.90. The molecule has 1 rings (SSSR count). The number of Topliss-reactive ketones (excluding diaryl/α,β-unsaturated/α-hetero) is 1. The molecule has 0 aromatic heterocycles. The Labute approximate surface area is 80.1 Å². The molecule has 1 unspecified atom stereocenters. The van der Waals surface area contributed by atoms with Crippen molar-refractivity contribution in [3.05, 3.63) is 0 Å². The Morgan fingerprint density at radius 1 is 1.46 bits per heavy atom. The highest BCUT2D eigenvalue weighted by Gasteiger charge is 2.44. The molecule has 13 heavy (non-hydrogen) atoms. The third-order valence-corrected chi connectivity index (χ3v) is 5.29. The lowest BCUT2D eigenvalue weighted by Gasteiger charge is -2.37. The summed E-state index contributed by atoms with van der Waals surface area (Å²) in [6.07, 6.45) is 4.17. The van der Waals surface area contributed by atoms with Crippen LogP contribution in [0.1, 0.15) is 19.3 Å². The van der Waals surface area contributed by atoms with Crippen molar-refractivity contribution in [1.82, 2.24) is 0 Å². The van der Waals surface area contributed by atoms with Crippen molar-refractivity contribution in [2.24, 2.45) is 0 Å². The Morgan fingerprint density at radius 2 is 2.15 bits per heavy atom. The smallest absolute Gasteiger partial charge is 0.274 e. The molecule has 0 amide bonds. The second-order valence-electron chi connectivity index (χ2n) is 3.78. The van der Waals surface area contributed by atoms with Gasteiger partial charge in [0.15, 0.2) is 0 Å². The number of carbonyl (C=O) groups excluding carboxylic acids is 2. The Hall–Kier alpha value is -0.483. The van der Waals surface area contributed by atoms with Crippen molar-refractivity contribution < 1.29 is 14.3 Å². The monoisotopic (exact) mass is 199 g/mol. The van der Waals surface area contributed by atoms with Gasteiger partial charge in [-0.15, -0.1) is 0 Å². The molecular formula is C9H15O3Si. The summed E-state index contributed by atoms with van der Waals surface area (Å²) in [6, 6.07) is 0. The Morgan fingerprint density at radius 3 is 2.54 bits per heavy atom. The molecule has 1 aliphatic rings. The molecule has 1 aliphatic heterocycles. The van der Waals surface area contributed by atoms with E-state index in [-0.39, 0.29) is 0 Å². The van der Waals surface area contributed by atoms with Crippen molar-refractivity contribution in [2.75, 3.05) is 6.61 Å². The summed E-state index contributed by atoms with van der Waals surface area (Å²) < 4.78 is 5.53. The fourth-order valence-electron chi connectivity index (χ4n) is 1.80. The molecule has 4 heteroatoms. The SMILES string of the molecule is C[SiH](C)C1(C(=O)[C]=O)CCCCO1. The predicted molar refractivity (Wildman–Crippen MR) is 52.1 cm³/mol. The van der Waals surface area contributed by atoms with E-state index in [1.54, 1.807) is 0 Å². The summed E-state index contributed by atoms with van der Waals surface area (Å²) in [7, 11) is -1.30. The van der Waals surface area contributed by atoms with Gasteiger partial charge in [0.2, 0.25) is 5.78 Å². The molecule has 0 N–H and O–H groups in total. The molecule has 0 bridgehead atoms. The van der Waals surface area contributed by atoms with Crippen LogP contribution in [-0.4, -0.2) is 32.7 Å². The lowest BCUT2D eigenvalue weighted by molar-refractivity contribution is -0.132. The van der Waals surface area contributed by atoms with E-state index in [0.29, 0.717) is 13.0 Å². The Bertz CT molecular complexity index is 207. The number of rotatable bonds is 3. The van der Waals surface area contributed by atoms with Crippen LogP contribution in [0.5, 0.6) is 0 Å². The van der Waals surface area contributed by atoms with E-state index in [1.807, 2.05) is 13.1 Å². The first kappa shape index (κ1) is 10.6. The van der Waals surface area contributed by atoms with Gasteiger partial charge in [-0.05, 0) is 19.3 Å². The van der Waals surface area contributed by atoms with Crippen LogP contribution in [0.25, 0.3) is 0 Å². The summed E-state index contributed by atoms with van der Waals surface area (Å²) in [6.45, 7) is 4.69. The minimum absolute atomic E-state index is 0.464. The minimum Gasteiger partial charge on any atom is -0.371 e. The van der Waals surface area contributed by atoms with Crippen molar-refractivity contribution >= 4 is 20.9 Å². The maximum absolute atomic E-state index is 11.4. The quantitative estimate of drug-likeness (QED) is 0.494. The molecule has 3 nitrogen and oxygen atoms in total. The van der Waals surface area contributed by atoms with Gasteiger partial charge in [-0.1, -0.05) is 13.1 Å². The van der Waals surface area contributed by atoms with E-state index in [9.17, 15) is 9.59 Å². The standard InChI is InChI=1S/C9H15O3Si/c1-13(2)9(8(11)7-10)5-3-4-6-12-9/h13H,3-6H2,1-2H3. The molecule has 1 heterocycles. The lowest BCUT2D eigenvalue weighted by Crippen LogP contribution is -2.54. The van der Waals surface area contributed by atoms with Crippen molar-refractivity contribution in [3.63, 3.8) is 0 Å². The number of carbonyl (C=O) groups is 1. The van der Waals surface area contributed by atoms with Crippen LogP contribution in [0.2, 0.25) is 13.1 Å². The Kier molecular flexibility index (Phi) is 3.38. The summed E-state index contributed by atoms with van der Waals surface area (Å²) in [5.41, 5.74) is 0. The summed E-state index contributed by atoms with van der Waals surface area (Å²) in [5, 5.41) is -0.736. The maximum atomic E-state index is 11.4. The number of hydrogen-bond acceptors (Lipinski definition) is 3. The van der Waals surface area contributed by atoms with Gasteiger partial charge in [-0.25, -0.2) is 0 Å². The summed E-state index contributed by atoms with van der Waals surface area (Å²) in [5.74, 6) is -0.464. The number of ketones is 1. The van der Waals surface area contributed by atoms with Gasteiger partial charge in [-0.3, -0.25) is 9.59 Å². The molecule has 0 aromatic carbocycles. The van der Waals surface area contributed by atoms with Crippen LogP contribution in [0.15, 0.2) is 0 Å². The average molecular weight is 199 g/mol. The highest BCUT2D eigenvalue weighted by molar-refractivity contribution is 6.67. The van der Waals surface area contributed by atoms with Gasteiger partial charge in [0.1, 0.15) is 5.22 Å². The minimum atomic E-state index is -1.30. The molecule has 0 saturated carbocycles. The molecule has 0 spiro atoms. The normalized spacial score (nSPS) is 28.8. The van der Waals surface area contributed by atoms with E-state index in [4.69, 9.17) is 4.74 Å². The highest BCUT2D eigenvalue weighted by atomic mass is 28.3. The molecule has 1 fully saturated rings. The second-order valence-corrected chi connectivity index (χ2v) is 7.02. The van der Waals surface area contributed by atoms with Crippen molar-refractivity contribution in [3.8, 4) is 0 Å². The van der Waals surface area contributed by atoms with Gasteiger partial charge < -0.3 is 4.74 Å². The third-order valence-electron chi connectivity index (χ3n) is 2.71. The molecule has 0 aliphatic carbocycles. The van der Waals surface area contributed by atoms with Crippen molar-refractivity contribution in [2.45, 2.75) is 37.6 Å². The van der Waals surface area contributed by atoms with E-state index in [2.05, 4.69) is 0 Å². The first-order valence-corrected chi connectivity index (χ1v) is 7.58. The van der Waals surface area contributed by atoms with Crippen LogP contribution in [-0.2, 0) is 14.3 Å². The fourth-order valence-corrected chi connectivity index (χ4v) is 3.62. The highest BCUT2D eigenvalue weighted by Crippen LogP contribution is 2.28. The Balaban J connectivity index is 2.85. The van der Waals surface area contributed by atoms with Gasteiger partial charge in [0, 0.05) is 6.61 Å². The predicted octanol–water partition coefficient (Wildman–Crippen LogP) is 0.630. The lowest BCUT2D eigenvalue weighted by atomic mass is 10.1. The van der Waals surface area contributed by atoms with Crippen LogP contribution < -0.4 is 0 Å². The molecule has 1 saturated heterocycles. The number of ether oxygens (including phenoxy) is 1. The van der Waals surface area contributed by atoms with Crippen LogP contribution in [0.4, 0.5) is 0 Å². The van der Waals surface area contributed by atoms with E-state index in [0.717, 1.165) is 12.8 Å². The maximum Gasteiger partial charge on any atom is 0.274 e. The summed E-state index contributed by atoms with van der Waals surface area (Å²) in [4.78, 5) is 21.8. The zero-order valence-electron chi connectivity index (χ0n) is 8.13. The first-order valence-electron chi connectivity index (χ1n) is 4.70. The van der Waals surface area contributed by atoms with Gasteiger partial charge in [-0.2, -0.15) is 0 Å². The second kappa shape index (κ2) is 4.15. The topological polar surface area (TPSA) is 43.4 Å². The number of hydrogen-bond donors (Lipinski definition) is 0. The summed E-state index contributed by atoms with van der Waals surface area (Å²) >= 11 is 0. The first-order chi connectivity index (χ1) is 6.13. The zero-order valence-corrected chi connectivity index (χ0v) is 9.29. The fraction of sp³-hybridized carbons (Fsp3) is 0.778. The molecule has 1 atom stereocenters. The van der Waals surface area contributed by atoms with E-state index < -0.39 is 19.8 Å². The van der Waals surface area contributed by atoms with Gasteiger partial charge >= 0.3 is 0 Å². The van der Waals surface area contributed by atoms with E-state index >= 15 is 0 Å². The van der Waals surface area contributed by atoms with Crippen LogP contribution in [0.3, 0.4) is 0 Å².